The third-order valence-electron chi connectivity index (χ3n) is 4.65. The van der Waals surface area contributed by atoms with Crippen LogP contribution in [0.5, 0.6) is 0 Å². The summed E-state index contributed by atoms with van der Waals surface area (Å²) in [5.74, 6) is 0.295. The van der Waals surface area contributed by atoms with E-state index in [1.165, 1.54) is 13.4 Å². The van der Waals surface area contributed by atoms with Crippen molar-refractivity contribution in [2.24, 2.45) is 11.8 Å². The van der Waals surface area contributed by atoms with E-state index in [-0.39, 0.29) is 11.9 Å². The summed E-state index contributed by atoms with van der Waals surface area (Å²) in [6.07, 6.45) is 3.83. The smallest absolute Gasteiger partial charge is 0.310 e. The SMILES string of the molecule is COC(=O)[C@@H]1C[C@@H](C2CCN(S(C)(=O)=O)CC2)N(C)C1. The van der Waals surface area contributed by atoms with Gasteiger partial charge in [0.2, 0.25) is 10.0 Å². The first kappa shape index (κ1) is 15.7. The molecule has 7 heteroatoms. The van der Waals surface area contributed by atoms with Gasteiger partial charge in [-0.3, -0.25) is 4.79 Å². The lowest BCUT2D eigenvalue weighted by atomic mass is 9.87. The molecule has 2 atom stereocenters. The van der Waals surface area contributed by atoms with Gasteiger partial charge in [0.25, 0.3) is 0 Å². The van der Waals surface area contributed by atoms with Gasteiger partial charge in [-0.1, -0.05) is 0 Å². The van der Waals surface area contributed by atoms with Crippen molar-refractivity contribution in [2.45, 2.75) is 25.3 Å². The summed E-state index contributed by atoms with van der Waals surface area (Å²) in [6.45, 7) is 1.93. The highest BCUT2D eigenvalue weighted by atomic mass is 32.2. The zero-order valence-electron chi connectivity index (χ0n) is 12.4. The number of carbonyl (C=O) groups excluding carboxylic acids is 1. The average Bonchev–Trinajstić information content (AvgIpc) is 2.79. The van der Waals surface area contributed by atoms with Crippen molar-refractivity contribution < 1.29 is 17.9 Å². The molecular formula is C13H24N2O4S. The van der Waals surface area contributed by atoms with Gasteiger partial charge in [0.05, 0.1) is 19.3 Å². The van der Waals surface area contributed by atoms with Crippen LogP contribution in [-0.4, -0.2) is 69.7 Å². The Kier molecular flexibility index (Phi) is 4.71. The lowest BCUT2D eigenvalue weighted by molar-refractivity contribution is -0.144. The third-order valence-corrected chi connectivity index (χ3v) is 5.95. The minimum Gasteiger partial charge on any atom is -0.469 e. The summed E-state index contributed by atoms with van der Waals surface area (Å²) in [6, 6.07) is 0.362. The predicted octanol–water partition coefficient (Wildman–Crippen LogP) is 0.151. The molecule has 0 unspecified atom stereocenters. The molecule has 2 rings (SSSR count). The summed E-state index contributed by atoms with van der Waals surface area (Å²) < 4.78 is 29.4. The van der Waals surface area contributed by atoms with Crippen molar-refractivity contribution in [2.75, 3.05) is 40.0 Å². The number of esters is 1. The van der Waals surface area contributed by atoms with Gasteiger partial charge in [0, 0.05) is 25.7 Å². The van der Waals surface area contributed by atoms with Crippen molar-refractivity contribution >= 4 is 16.0 Å². The third kappa shape index (κ3) is 3.32. The zero-order valence-corrected chi connectivity index (χ0v) is 13.2. The van der Waals surface area contributed by atoms with Gasteiger partial charge in [-0.15, -0.1) is 0 Å². The Morgan fingerprint density at radius 1 is 1.25 bits per heavy atom. The topological polar surface area (TPSA) is 66.9 Å². The van der Waals surface area contributed by atoms with E-state index in [1.807, 2.05) is 7.05 Å². The van der Waals surface area contributed by atoms with Gasteiger partial charge < -0.3 is 9.64 Å². The minimum atomic E-state index is -3.07. The fourth-order valence-electron chi connectivity index (χ4n) is 3.51. The van der Waals surface area contributed by atoms with Gasteiger partial charge in [0.15, 0.2) is 0 Å². The standard InChI is InChI=1S/C13H24N2O4S/c1-14-9-11(13(16)19-2)8-12(14)10-4-6-15(7-5-10)20(3,17)18/h10-12H,4-9H2,1-3H3/t11-,12+/m1/s1. The maximum atomic E-state index is 11.6. The van der Waals surface area contributed by atoms with Crippen molar-refractivity contribution in [3.05, 3.63) is 0 Å². The minimum absolute atomic E-state index is 0.0389. The molecule has 6 nitrogen and oxygen atoms in total. The van der Waals surface area contributed by atoms with E-state index in [2.05, 4.69) is 4.90 Å². The first-order chi connectivity index (χ1) is 9.32. The fourth-order valence-corrected chi connectivity index (χ4v) is 4.39. The van der Waals surface area contributed by atoms with E-state index in [4.69, 9.17) is 4.74 Å². The van der Waals surface area contributed by atoms with E-state index in [0.717, 1.165) is 25.8 Å². The normalized spacial score (nSPS) is 30.6. The second-order valence-electron chi connectivity index (χ2n) is 5.96. The molecule has 2 fully saturated rings. The van der Waals surface area contributed by atoms with Gasteiger partial charge in [0.1, 0.15) is 0 Å². The molecule has 0 spiro atoms. The van der Waals surface area contributed by atoms with Crippen molar-refractivity contribution in [3.8, 4) is 0 Å². The molecule has 0 radical (unpaired) electrons. The van der Waals surface area contributed by atoms with Crippen molar-refractivity contribution in [1.82, 2.24) is 9.21 Å². The summed E-state index contributed by atoms with van der Waals surface area (Å²) in [5.41, 5.74) is 0. The van der Waals surface area contributed by atoms with Crippen LogP contribution >= 0.6 is 0 Å². The van der Waals surface area contributed by atoms with E-state index in [1.54, 1.807) is 4.31 Å². The number of piperidine rings is 1. The van der Waals surface area contributed by atoms with Crippen molar-refractivity contribution in [1.29, 1.82) is 0 Å². The number of methoxy groups -OCH3 is 1. The number of likely N-dealkylation sites (tertiary alicyclic amines) is 1. The molecular weight excluding hydrogens is 280 g/mol. The molecule has 2 aliphatic heterocycles. The largest absolute Gasteiger partial charge is 0.469 e. The molecule has 0 aromatic rings. The Hall–Kier alpha value is -0.660. The quantitative estimate of drug-likeness (QED) is 0.695. The maximum absolute atomic E-state index is 11.6. The van der Waals surface area contributed by atoms with Gasteiger partial charge in [-0.05, 0) is 32.2 Å². The van der Waals surface area contributed by atoms with Crippen LogP contribution in [-0.2, 0) is 19.6 Å². The Labute approximate surface area is 121 Å². The average molecular weight is 304 g/mol. The summed E-state index contributed by atoms with van der Waals surface area (Å²) in [4.78, 5) is 13.9. The molecule has 0 aliphatic carbocycles. The van der Waals surface area contributed by atoms with Crippen LogP contribution < -0.4 is 0 Å². The van der Waals surface area contributed by atoms with Crippen LogP contribution in [0.2, 0.25) is 0 Å². The second-order valence-corrected chi connectivity index (χ2v) is 7.94. The molecule has 2 aliphatic rings. The van der Waals surface area contributed by atoms with E-state index >= 15 is 0 Å². The lowest BCUT2D eigenvalue weighted by Crippen LogP contribution is -2.43. The highest BCUT2D eigenvalue weighted by molar-refractivity contribution is 7.88. The zero-order chi connectivity index (χ0) is 14.9. The highest BCUT2D eigenvalue weighted by Crippen LogP contribution is 2.33. The molecule has 2 saturated heterocycles. The molecule has 0 amide bonds. The lowest BCUT2D eigenvalue weighted by Gasteiger charge is -2.35. The van der Waals surface area contributed by atoms with Crippen molar-refractivity contribution in [3.63, 3.8) is 0 Å². The maximum Gasteiger partial charge on any atom is 0.310 e. The molecule has 2 heterocycles. The summed E-state index contributed by atoms with van der Waals surface area (Å²) in [7, 11) is 0.400. The van der Waals surface area contributed by atoms with Crippen LogP contribution in [0.3, 0.4) is 0 Å². The molecule has 0 bridgehead atoms. The first-order valence-electron chi connectivity index (χ1n) is 7.06. The molecule has 0 aromatic heterocycles. The number of hydrogen-bond acceptors (Lipinski definition) is 5. The summed E-state index contributed by atoms with van der Waals surface area (Å²) >= 11 is 0. The Morgan fingerprint density at radius 2 is 1.85 bits per heavy atom. The second kappa shape index (κ2) is 5.99. The monoisotopic (exact) mass is 304 g/mol. The molecule has 0 aromatic carbocycles. The number of hydrogen-bond donors (Lipinski definition) is 0. The van der Waals surface area contributed by atoms with E-state index in [9.17, 15) is 13.2 Å². The Balaban J connectivity index is 1.93. The van der Waals surface area contributed by atoms with Crippen LogP contribution in [0.25, 0.3) is 0 Å². The van der Waals surface area contributed by atoms with Crippen LogP contribution in [0, 0.1) is 11.8 Å². The molecule has 116 valence electrons. The molecule has 0 saturated carbocycles. The highest BCUT2D eigenvalue weighted by Gasteiger charge is 2.40. The van der Waals surface area contributed by atoms with E-state index in [0.29, 0.717) is 25.0 Å². The number of sulfonamides is 1. The fraction of sp³-hybridized carbons (Fsp3) is 0.923. The number of nitrogens with zero attached hydrogens (tertiary/aromatic N) is 2. The predicted molar refractivity (Wildman–Crippen MR) is 75.7 cm³/mol. The Bertz CT molecular complexity index is 457. The molecule has 20 heavy (non-hydrogen) atoms. The number of rotatable bonds is 3. The van der Waals surface area contributed by atoms with Gasteiger partial charge in [-0.2, -0.15) is 0 Å². The number of ether oxygens (including phenoxy) is 1. The van der Waals surface area contributed by atoms with Gasteiger partial charge in [-0.25, -0.2) is 12.7 Å². The number of carbonyl (C=O) groups is 1. The van der Waals surface area contributed by atoms with E-state index < -0.39 is 10.0 Å². The van der Waals surface area contributed by atoms with Crippen LogP contribution in [0.1, 0.15) is 19.3 Å². The Morgan fingerprint density at radius 3 is 2.35 bits per heavy atom. The van der Waals surface area contributed by atoms with Crippen LogP contribution in [0.4, 0.5) is 0 Å². The molecule has 0 N–H and O–H groups in total. The summed E-state index contributed by atoms with van der Waals surface area (Å²) in [5, 5.41) is 0. The van der Waals surface area contributed by atoms with Gasteiger partial charge >= 0.3 is 5.97 Å². The van der Waals surface area contributed by atoms with Crippen LogP contribution in [0.15, 0.2) is 0 Å². The first-order valence-corrected chi connectivity index (χ1v) is 8.91.